The van der Waals surface area contributed by atoms with E-state index in [1.165, 1.54) is 10.7 Å². The summed E-state index contributed by atoms with van der Waals surface area (Å²) in [6, 6.07) is 0. The second-order valence-electron chi connectivity index (χ2n) is 0.163. The summed E-state index contributed by atoms with van der Waals surface area (Å²) in [6.07, 6.45) is 0. The molecule has 0 bridgehead atoms. The van der Waals surface area contributed by atoms with Gasteiger partial charge < -0.3 is 10.4 Å². The van der Waals surface area contributed by atoms with Crippen LogP contribution < -0.4 is 0 Å². The molecule has 0 unspecified atom stereocenters. The van der Waals surface area contributed by atoms with Gasteiger partial charge >= 0.3 is 0 Å². The van der Waals surface area contributed by atoms with Gasteiger partial charge in [0.2, 0.25) is 0 Å². The van der Waals surface area contributed by atoms with Gasteiger partial charge in [0.25, 0.3) is 0 Å². The molecule has 0 aromatic heterocycles. The van der Waals surface area contributed by atoms with Crippen LogP contribution in [0, 0.1) is 9.81 Å². The summed E-state index contributed by atoms with van der Waals surface area (Å²) in [5, 5.41) is 15.8. The molecule has 0 atom stereocenters. The van der Waals surface area contributed by atoms with Crippen molar-refractivity contribution in [2.45, 2.75) is 0 Å². The van der Waals surface area contributed by atoms with E-state index >= 15 is 0 Å². The molecule has 8 heavy (non-hydrogen) atoms. The molecule has 0 aliphatic heterocycles. The van der Waals surface area contributed by atoms with Gasteiger partial charge in [0.05, 0.1) is 0 Å². The van der Waals surface area contributed by atoms with E-state index in [1.54, 1.807) is 0 Å². The number of nitrogens with zero attached hydrogens (tertiary/aromatic N) is 2. The Hall–Kier alpha value is -0.391. The van der Waals surface area contributed by atoms with Gasteiger partial charge in [-0.3, -0.25) is 0 Å². The summed E-state index contributed by atoms with van der Waals surface area (Å²) in [6.45, 7) is 0. The monoisotopic (exact) mass is 193 g/mol. The van der Waals surface area contributed by atoms with Crippen molar-refractivity contribution in [2.24, 2.45) is 10.7 Å². The van der Waals surface area contributed by atoms with Crippen molar-refractivity contribution in [3.8, 4) is 0 Å². The van der Waals surface area contributed by atoms with Crippen LogP contribution in [-0.4, -0.2) is 10.4 Å². The second-order valence-corrected chi connectivity index (χ2v) is 0.163. The SMILES string of the molecule is Cl.O=NO.O=NO.[Cu]. The molecular weight excluding hydrogens is 191 g/mol. The van der Waals surface area contributed by atoms with E-state index in [4.69, 9.17) is 20.2 Å². The van der Waals surface area contributed by atoms with E-state index in [9.17, 15) is 0 Å². The number of hydrogen-bond acceptors (Lipinski definition) is 4. The first-order valence-corrected chi connectivity index (χ1v) is 0.765. The number of halogens is 1. The summed E-state index contributed by atoms with van der Waals surface area (Å²) in [5.74, 6) is 0. The quantitative estimate of drug-likeness (QED) is 0.336. The van der Waals surface area contributed by atoms with E-state index in [2.05, 4.69) is 0 Å². The minimum absolute atomic E-state index is 0. The largest absolute Gasteiger partial charge is 0.379 e. The Bertz CT molecular complexity index is 35.0. The predicted octanol–water partition coefficient (Wildman–Crippen LogP) is 0.703. The maximum Gasteiger partial charge on any atom is 0.152 e. The fourth-order valence-corrected chi connectivity index (χ4v) is 0. The maximum absolute atomic E-state index is 8.11. The Labute approximate surface area is 61.0 Å². The molecule has 0 saturated heterocycles. The van der Waals surface area contributed by atoms with Crippen molar-refractivity contribution in [1.29, 1.82) is 0 Å². The molecule has 0 rings (SSSR count). The van der Waals surface area contributed by atoms with Crippen molar-refractivity contribution in [3.63, 3.8) is 0 Å². The van der Waals surface area contributed by atoms with Gasteiger partial charge in [-0.2, -0.15) is 0 Å². The van der Waals surface area contributed by atoms with Crippen LogP contribution in [0.5, 0.6) is 0 Å². The number of rotatable bonds is 0. The average molecular weight is 194 g/mol. The summed E-state index contributed by atoms with van der Waals surface area (Å²) >= 11 is 0. The first kappa shape index (κ1) is 25.5. The van der Waals surface area contributed by atoms with Gasteiger partial charge in [-0.25, -0.2) is 0 Å². The van der Waals surface area contributed by atoms with Gasteiger partial charge in [0.1, 0.15) is 0 Å². The van der Waals surface area contributed by atoms with Crippen molar-refractivity contribution < 1.29 is 27.5 Å². The zero-order chi connectivity index (χ0) is 5.41. The molecule has 0 spiro atoms. The van der Waals surface area contributed by atoms with Crippen LogP contribution in [0.25, 0.3) is 0 Å². The molecule has 6 nitrogen and oxygen atoms in total. The minimum atomic E-state index is 0. The summed E-state index contributed by atoms with van der Waals surface area (Å²) in [5.41, 5.74) is 0. The molecule has 0 aromatic rings. The predicted molar refractivity (Wildman–Crippen MR) is 22.4 cm³/mol. The smallest absolute Gasteiger partial charge is 0.152 e. The Morgan fingerprint density at radius 1 is 1.00 bits per heavy atom. The van der Waals surface area contributed by atoms with E-state index in [0.717, 1.165) is 0 Å². The Kier molecular flexibility index (Phi) is 256. The number of hydrogen-bond donors (Lipinski definition) is 2. The van der Waals surface area contributed by atoms with Gasteiger partial charge in [-0.05, 0) is 0 Å². The summed E-state index contributed by atoms with van der Waals surface area (Å²) in [4.78, 5) is 16.2. The molecule has 0 fully saturated rings. The zero-order valence-electron chi connectivity index (χ0n) is 3.32. The molecule has 0 heterocycles. The van der Waals surface area contributed by atoms with Crippen molar-refractivity contribution in [3.05, 3.63) is 9.81 Å². The van der Waals surface area contributed by atoms with Crippen LogP contribution in [0.1, 0.15) is 0 Å². The van der Waals surface area contributed by atoms with E-state index in [-0.39, 0.29) is 29.5 Å². The van der Waals surface area contributed by atoms with Crippen molar-refractivity contribution in [1.82, 2.24) is 0 Å². The molecular formula is H3ClCuN2O4. The van der Waals surface area contributed by atoms with E-state index < -0.39 is 0 Å². The van der Waals surface area contributed by atoms with Crippen molar-refractivity contribution >= 4 is 12.4 Å². The van der Waals surface area contributed by atoms with Gasteiger partial charge in [0.15, 0.2) is 10.7 Å². The van der Waals surface area contributed by atoms with E-state index in [0.29, 0.717) is 0 Å². The molecule has 8 heteroatoms. The van der Waals surface area contributed by atoms with Crippen LogP contribution >= 0.6 is 12.4 Å². The average Bonchev–Trinajstić information content (AvgIpc) is 1.39. The third-order valence-corrected chi connectivity index (χ3v) is 0. The van der Waals surface area contributed by atoms with E-state index in [1.807, 2.05) is 0 Å². The standard InChI is InChI=1S/ClH.Cu.2HNO2/c;;2*2-1-3/h1H;;2*(H,2,3). The molecule has 0 amide bonds. The van der Waals surface area contributed by atoms with Gasteiger partial charge in [0, 0.05) is 17.1 Å². The van der Waals surface area contributed by atoms with Crippen LogP contribution in [0.15, 0.2) is 10.7 Å². The third kappa shape index (κ3) is 782. The van der Waals surface area contributed by atoms with Gasteiger partial charge in [-0.15, -0.1) is 22.2 Å². The molecule has 0 aromatic carbocycles. The first-order valence-electron chi connectivity index (χ1n) is 0.765. The van der Waals surface area contributed by atoms with Gasteiger partial charge in [-0.1, -0.05) is 0 Å². The molecule has 2 N–H and O–H groups in total. The molecule has 1 radical (unpaired) electrons. The zero-order valence-corrected chi connectivity index (χ0v) is 5.07. The topological polar surface area (TPSA) is 99.3 Å². The fourth-order valence-electron chi connectivity index (χ4n) is 0. The second kappa shape index (κ2) is 80.3. The fraction of sp³-hybridized carbons (Fsp3) is 0. The minimum Gasteiger partial charge on any atom is -0.379 e. The summed E-state index contributed by atoms with van der Waals surface area (Å²) < 4.78 is 0. The van der Waals surface area contributed by atoms with Crippen LogP contribution in [-0.2, 0) is 17.1 Å². The Morgan fingerprint density at radius 2 is 1.00 bits per heavy atom. The normalized spacial score (nSPS) is 3.00. The maximum atomic E-state index is 8.11. The van der Waals surface area contributed by atoms with Crippen LogP contribution in [0.3, 0.4) is 0 Å². The molecule has 55 valence electrons. The first-order chi connectivity index (χ1) is 2.83. The molecule has 0 saturated carbocycles. The van der Waals surface area contributed by atoms with Crippen LogP contribution in [0.4, 0.5) is 0 Å². The molecule has 0 aliphatic carbocycles. The Morgan fingerprint density at radius 3 is 1.00 bits per heavy atom. The summed E-state index contributed by atoms with van der Waals surface area (Å²) in [7, 11) is 0. The Balaban J connectivity index is -0.0000000160. The molecule has 0 aliphatic rings. The third-order valence-electron chi connectivity index (χ3n) is 0. The van der Waals surface area contributed by atoms with Crippen molar-refractivity contribution in [2.75, 3.05) is 0 Å². The van der Waals surface area contributed by atoms with Crippen LogP contribution in [0.2, 0.25) is 0 Å².